The van der Waals surface area contributed by atoms with E-state index in [1.165, 1.54) is 18.2 Å². The topological polar surface area (TPSA) is 63.1 Å². The Kier molecular flexibility index (Phi) is 3.90. The summed E-state index contributed by atoms with van der Waals surface area (Å²) in [6.07, 6.45) is 0.518. The Bertz CT molecular complexity index is 841. The van der Waals surface area contributed by atoms with E-state index < -0.39 is 5.82 Å². The van der Waals surface area contributed by atoms with Gasteiger partial charge in [0.05, 0.1) is 18.4 Å². The zero-order valence-electron chi connectivity index (χ0n) is 12.6. The molecule has 7 heteroatoms. The number of ether oxygens (including phenoxy) is 2. The molecular weight excluding hydrogens is 379 g/mol. The van der Waals surface area contributed by atoms with E-state index in [1.54, 1.807) is 0 Å². The molecule has 0 saturated carbocycles. The van der Waals surface area contributed by atoms with Gasteiger partial charge in [0.25, 0.3) is 0 Å². The van der Waals surface area contributed by atoms with Crippen molar-refractivity contribution in [1.82, 2.24) is 5.43 Å². The van der Waals surface area contributed by atoms with Crippen LogP contribution in [0, 0.1) is 5.82 Å². The molecule has 2 aliphatic rings. The molecule has 1 unspecified atom stereocenters. The number of aromatic hydroxyl groups is 1. The van der Waals surface area contributed by atoms with Gasteiger partial charge in [-0.3, -0.25) is 0 Å². The summed E-state index contributed by atoms with van der Waals surface area (Å²) in [6, 6.07) is 7.67. The third kappa shape index (κ3) is 2.74. The molecule has 2 aromatic rings. The van der Waals surface area contributed by atoms with Crippen LogP contribution in [0.1, 0.15) is 29.2 Å². The molecule has 0 radical (unpaired) electrons. The number of hydrogen-bond donors (Lipinski definition) is 2. The van der Waals surface area contributed by atoms with E-state index in [0.717, 1.165) is 21.3 Å². The Labute approximate surface area is 146 Å². The van der Waals surface area contributed by atoms with Gasteiger partial charge in [-0.05, 0) is 30.3 Å². The Balaban J connectivity index is 1.65. The van der Waals surface area contributed by atoms with Crippen LogP contribution < -0.4 is 10.2 Å². The lowest BCUT2D eigenvalue weighted by molar-refractivity contribution is -0.0173. The van der Waals surface area contributed by atoms with E-state index in [9.17, 15) is 9.50 Å². The molecule has 2 aromatic carbocycles. The smallest absolute Gasteiger partial charge is 0.189 e. The van der Waals surface area contributed by atoms with E-state index in [4.69, 9.17) is 9.47 Å². The van der Waals surface area contributed by atoms with Gasteiger partial charge in [-0.25, -0.2) is 4.39 Å². The number of fused-ring (bicyclic) bond motifs is 1. The number of benzene rings is 2. The second-order valence-corrected chi connectivity index (χ2v) is 6.62. The third-order valence-electron chi connectivity index (χ3n) is 4.10. The van der Waals surface area contributed by atoms with Gasteiger partial charge in [0.2, 0.25) is 0 Å². The van der Waals surface area contributed by atoms with Crippen molar-refractivity contribution in [3.63, 3.8) is 0 Å². The molecule has 0 bridgehead atoms. The lowest BCUT2D eigenvalue weighted by Crippen LogP contribution is -2.17. The van der Waals surface area contributed by atoms with Crippen molar-refractivity contribution in [3.8, 4) is 11.5 Å². The Hall–Kier alpha value is -2.12. The van der Waals surface area contributed by atoms with Crippen LogP contribution in [0.5, 0.6) is 11.5 Å². The highest BCUT2D eigenvalue weighted by Gasteiger charge is 2.28. The maximum absolute atomic E-state index is 13.5. The molecule has 0 spiro atoms. The first-order valence-corrected chi connectivity index (χ1v) is 8.25. The first-order chi connectivity index (χ1) is 11.6. The Morgan fingerprint density at radius 1 is 1.29 bits per heavy atom. The molecule has 1 atom stereocenters. The largest absolute Gasteiger partial charge is 0.507 e. The number of rotatable bonds is 2. The number of phenolic OH excluding ortho intramolecular Hbond substituents is 1. The Morgan fingerprint density at radius 2 is 2.17 bits per heavy atom. The van der Waals surface area contributed by atoms with Gasteiger partial charge in [-0.15, -0.1) is 0 Å². The quantitative estimate of drug-likeness (QED) is 0.819. The molecule has 0 aliphatic carbocycles. The molecule has 2 N–H and O–H groups in total. The number of phenols is 1. The van der Waals surface area contributed by atoms with E-state index in [0.29, 0.717) is 24.3 Å². The van der Waals surface area contributed by atoms with E-state index >= 15 is 0 Å². The number of nitrogens with one attached hydrogen (secondary N) is 1. The zero-order chi connectivity index (χ0) is 16.7. The van der Waals surface area contributed by atoms with Gasteiger partial charge >= 0.3 is 0 Å². The van der Waals surface area contributed by atoms with Crippen LogP contribution in [-0.2, 0) is 11.3 Å². The summed E-state index contributed by atoms with van der Waals surface area (Å²) in [5.74, 6) is 0.398. The molecule has 0 saturated heterocycles. The highest BCUT2D eigenvalue weighted by atomic mass is 79.9. The minimum absolute atomic E-state index is 0.0125. The first kappa shape index (κ1) is 15.4. The van der Waals surface area contributed by atoms with E-state index in [2.05, 4.69) is 26.5 Å². The van der Waals surface area contributed by atoms with Gasteiger partial charge in [0, 0.05) is 27.6 Å². The summed E-state index contributed by atoms with van der Waals surface area (Å²) in [4.78, 5) is 0. The zero-order valence-corrected chi connectivity index (χ0v) is 14.1. The molecular formula is C17H14BrFN2O3. The van der Waals surface area contributed by atoms with Crippen molar-refractivity contribution < 1.29 is 19.0 Å². The fraction of sp³-hybridized carbons (Fsp3) is 0.235. The summed E-state index contributed by atoms with van der Waals surface area (Å²) in [5, 5.41) is 14.2. The standard InChI is InChI=1S/C17H14BrFN2O3/c18-10-3-9-7-23-8-24-17(9)13(4-10)15-6-14(20-21-15)12-5-11(19)1-2-16(12)22/h1-5,15,21-22H,6-8H2. The molecule has 0 amide bonds. The molecule has 4 rings (SSSR count). The van der Waals surface area contributed by atoms with Crippen LogP contribution >= 0.6 is 15.9 Å². The average Bonchev–Trinajstić information content (AvgIpc) is 3.06. The maximum atomic E-state index is 13.5. The highest BCUT2D eigenvalue weighted by molar-refractivity contribution is 9.10. The summed E-state index contributed by atoms with van der Waals surface area (Å²) in [7, 11) is 0. The molecule has 5 nitrogen and oxygen atoms in total. The molecule has 0 aromatic heterocycles. The second-order valence-electron chi connectivity index (χ2n) is 5.70. The van der Waals surface area contributed by atoms with Crippen LogP contribution in [0.4, 0.5) is 4.39 Å². The fourth-order valence-electron chi connectivity index (χ4n) is 3.00. The monoisotopic (exact) mass is 392 g/mol. The molecule has 0 fully saturated rings. The summed E-state index contributed by atoms with van der Waals surface area (Å²) in [5.41, 5.74) is 5.99. The SMILES string of the molecule is Oc1ccc(F)cc1C1=NNC(c2cc(Br)cc3c2OCOC3)C1. The predicted molar refractivity (Wildman–Crippen MR) is 89.5 cm³/mol. The Morgan fingerprint density at radius 3 is 3.04 bits per heavy atom. The number of halogens is 2. The molecule has 124 valence electrons. The van der Waals surface area contributed by atoms with Crippen LogP contribution in [0.25, 0.3) is 0 Å². The van der Waals surface area contributed by atoms with E-state index in [-0.39, 0.29) is 18.6 Å². The number of hydrazone groups is 1. The van der Waals surface area contributed by atoms with Gasteiger partial charge in [0.1, 0.15) is 17.3 Å². The van der Waals surface area contributed by atoms with Crippen molar-refractivity contribution in [1.29, 1.82) is 0 Å². The van der Waals surface area contributed by atoms with Crippen molar-refractivity contribution in [2.75, 3.05) is 6.79 Å². The van der Waals surface area contributed by atoms with Crippen molar-refractivity contribution in [3.05, 3.63) is 57.3 Å². The lowest BCUT2D eigenvalue weighted by atomic mass is 9.96. The fourth-order valence-corrected chi connectivity index (χ4v) is 3.52. The highest BCUT2D eigenvalue weighted by Crippen LogP contribution is 2.38. The van der Waals surface area contributed by atoms with E-state index in [1.807, 2.05) is 12.1 Å². The van der Waals surface area contributed by atoms with Crippen molar-refractivity contribution in [2.24, 2.45) is 5.10 Å². The minimum atomic E-state index is -0.408. The lowest BCUT2D eigenvalue weighted by Gasteiger charge is -2.23. The van der Waals surface area contributed by atoms with Crippen molar-refractivity contribution >= 4 is 21.6 Å². The van der Waals surface area contributed by atoms with Gasteiger partial charge < -0.3 is 20.0 Å². The van der Waals surface area contributed by atoms with Crippen molar-refractivity contribution in [2.45, 2.75) is 19.1 Å². The number of hydrogen-bond acceptors (Lipinski definition) is 5. The van der Waals surface area contributed by atoms with Crippen LogP contribution in [-0.4, -0.2) is 17.6 Å². The molecule has 2 aliphatic heterocycles. The predicted octanol–water partition coefficient (Wildman–Crippen LogP) is 3.60. The molecule has 24 heavy (non-hydrogen) atoms. The summed E-state index contributed by atoms with van der Waals surface area (Å²) < 4.78 is 25.4. The average molecular weight is 393 g/mol. The van der Waals surface area contributed by atoms with Gasteiger partial charge in [-0.1, -0.05) is 15.9 Å². The van der Waals surface area contributed by atoms with Crippen LogP contribution in [0.2, 0.25) is 0 Å². The molecule has 2 heterocycles. The second kappa shape index (κ2) is 6.07. The van der Waals surface area contributed by atoms with Gasteiger partial charge in [0.15, 0.2) is 6.79 Å². The third-order valence-corrected chi connectivity index (χ3v) is 4.56. The number of nitrogens with zero attached hydrogens (tertiary/aromatic N) is 1. The maximum Gasteiger partial charge on any atom is 0.189 e. The minimum Gasteiger partial charge on any atom is -0.507 e. The normalized spacial score (nSPS) is 19.2. The first-order valence-electron chi connectivity index (χ1n) is 7.45. The van der Waals surface area contributed by atoms with Gasteiger partial charge in [-0.2, -0.15) is 5.10 Å². The summed E-state index contributed by atoms with van der Waals surface area (Å²) >= 11 is 3.50. The van der Waals surface area contributed by atoms with Crippen LogP contribution in [0.3, 0.4) is 0 Å². The summed E-state index contributed by atoms with van der Waals surface area (Å²) in [6.45, 7) is 0.708. The van der Waals surface area contributed by atoms with Crippen LogP contribution in [0.15, 0.2) is 39.9 Å².